The van der Waals surface area contributed by atoms with Crippen LogP contribution in [0.25, 0.3) is 0 Å². The number of aliphatic imine (C=N–C) groups is 2. The van der Waals surface area contributed by atoms with Crippen LogP contribution in [0.2, 0.25) is 5.02 Å². The van der Waals surface area contributed by atoms with E-state index in [9.17, 15) is 8.78 Å². The molecule has 0 spiro atoms. The third kappa shape index (κ3) is 11.6. The fourth-order valence-electron chi connectivity index (χ4n) is 3.62. The van der Waals surface area contributed by atoms with Crippen molar-refractivity contribution in [2.75, 3.05) is 20.3 Å². The number of methoxy groups -OCH3 is 1. The highest BCUT2D eigenvalue weighted by Gasteiger charge is 2.24. The van der Waals surface area contributed by atoms with Crippen molar-refractivity contribution in [3.05, 3.63) is 105 Å². The first kappa shape index (κ1) is 35.6. The molecular formula is C33H41ClF2N4O2S. The minimum Gasteiger partial charge on any atom is -0.495 e. The number of halogens is 3. The number of ether oxygens (including phenoxy) is 2. The second-order valence-electron chi connectivity index (χ2n) is 10.4. The summed E-state index contributed by atoms with van der Waals surface area (Å²) in [5, 5.41) is 1.22. The van der Waals surface area contributed by atoms with Gasteiger partial charge in [-0.2, -0.15) is 0 Å². The zero-order valence-corrected chi connectivity index (χ0v) is 27.4. The van der Waals surface area contributed by atoms with E-state index < -0.39 is 11.6 Å². The lowest BCUT2D eigenvalue weighted by molar-refractivity contribution is 0.324. The fourth-order valence-corrected chi connectivity index (χ4v) is 4.57. The minimum atomic E-state index is -0.688. The van der Waals surface area contributed by atoms with E-state index in [2.05, 4.69) is 61.9 Å². The Balaban J connectivity index is 0.000000694. The van der Waals surface area contributed by atoms with Crippen LogP contribution in [0.5, 0.6) is 11.5 Å². The summed E-state index contributed by atoms with van der Waals surface area (Å²) in [6.07, 6.45) is 1.77. The minimum absolute atomic E-state index is 0.0459. The molecule has 0 saturated carbocycles. The van der Waals surface area contributed by atoms with Gasteiger partial charge < -0.3 is 20.9 Å². The molecule has 0 aromatic heterocycles. The molecule has 6 nitrogen and oxygen atoms in total. The van der Waals surface area contributed by atoms with Gasteiger partial charge in [0.1, 0.15) is 29.7 Å². The predicted octanol–water partition coefficient (Wildman–Crippen LogP) is 8.12. The maximum atomic E-state index is 14.5. The molecule has 232 valence electrons. The Hall–Kier alpha value is -3.56. The number of aryl methyl sites for hydroxylation is 2. The van der Waals surface area contributed by atoms with Crippen LogP contribution in [-0.4, -0.2) is 31.3 Å². The van der Waals surface area contributed by atoms with Crippen LogP contribution in [0, 0.1) is 25.5 Å². The van der Waals surface area contributed by atoms with E-state index in [-0.39, 0.29) is 41.6 Å². The van der Waals surface area contributed by atoms with Crippen LogP contribution in [0.1, 0.15) is 49.9 Å². The van der Waals surface area contributed by atoms with E-state index in [1.54, 1.807) is 26.3 Å². The van der Waals surface area contributed by atoms with Gasteiger partial charge in [-0.3, -0.25) is 9.98 Å². The lowest BCUT2D eigenvalue weighted by atomic mass is 9.78. The molecule has 43 heavy (non-hydrogen) atoms. The van der Waals surface area contributed by atoms with Crippen molar-refractivity contribution < 1.29 is 18.3 Å². The number of hydrogen-bond donors (Lipinski definition) is 2. The van der Waals surface area contributed by atoms with E-state index >= 15 is 0 Å². The Bertz CT molecular complexity index is 1410. The molecular weight excluding hydrogens is 590 g/mol. The average Bonchev–Trinajstić information content (AvgIpc) is 2.95. The van der Waals surface area contributed by atoms with Gasteiger partial charge >= 0.3 is 0 Å². The monoisotopic (exact) mass is 630 g/mol. The van der Waals surface area contributed by atoms with E-state index in [0.29, 0.717) is 15.8 Å². The van der Waals surface area contributed by atoms with Crippen molar-refractivity contribution in [3.8, 4) is 11.5 Å². The van der Waals surface area contributed by atoms with Gasteiger partial charge in [-0.1, -0.05) is 66.9 Å². The number of nitrogens with two attached hydrogens (primary N) is 2. The van der Waals surface area contributed by atoms with Crippen molar-refractivity contribution in [2.24, 2.45) is 21.5 Å². The molecule has 4 N–H and O–H groups in total. The van der Waals surface area contributed by atoms with Gasteiger partial charge in [0.05, 0.1) is 23.7 Å². The highest BCUT2D eigenvalue weighted by atomic mass is 35.5. The molecule has 10 heteroatoms. The van der Waals surface area contributed by atoms with Crippen molar-refractivity contribution in [2.45, 2.75) is 52.7 Å². The maximum Gasteiger partial charge on any atom is 0.186 e. The zero-order valence-electron chi connectivity index (χ0n) is 25.8. The summed E-state index contributed by atoms with van der Waals surface area (Å²) in [6.45, 7) is 12.4. The lowest BCUT2D eigenvalue weighted by Gasteiger charge is -2.27. The van der Waals surface area contributed by atoms with E-state index in [0.717, 1.165) is 23.3 Å². The second-order valence-corrected chi connectivity index (χ2v) is 12.0. The third-order valence-electron chi connectivity index (χ3n) is 6.71. The molecule has 0 fully saturated rings. The largest absolute Gasteiger partial charge is 0.495 e. The zero-order chi connectivity index (χ0) is 32.2. The number of nitrogens with zero attached hydrogens (tertiary/aromatic N) is 2. The molecule has 0 aliphatic carbocycles. The molecule has 0 heterocycles. The number of hydrogen-bond acceptors (Lipinski definition) is 5. The Morgan fingerprint density at radius 2 is 1.56 bits per heavy atom. The Kier molecular flexibility index (Phi) is 14.0. The molecule has 0 atom stereocenters. The highest BCUT2D eigenvalue weighted by molar-refractivity contribution is 8.13. The Morgan fingerprint density at radius 1 is 0.977 bits per heavy atom. The molecule has 0 radical (unpaired) electrons. The number of thioether (sulfide) groups is 1. The van der Waals surface area contributed by atoms with Crippen LogP contribution in [-0.2, 0) is 11.2 Å². The summed E-state index contributed by atoms with van der Waals surface area (Å²) in [5.74, 6) is -0.682. The molecule has 3 aromatic carbocycles. The van der Waals surface area contributed by atoms with Gasteiger partial charge in [0.2, 0.25) is 0 Å². The van der Waals surface area contributed by atoms with E-state index in [4.69, 9.17) is 32.5 Å². The topological polar surface area (TPSA) is 95.2 Å². The quantitative estimate of drug-likeness (QED) is 0.134. The first-order valence-electron chi connectivity index (χ1n) is 13.6. The predicted molar refractivity (Wildman–Crippen MR) is 178 cm³/mol. The summed E-state index contributed by atoms with van der Waals surface area (Å²) < 4.78 is 39.6. The number of allylic oxidation sites excluding steroid dienone is 1. The smallest absolute Gasteiger partial charge is 0.186 e. The first-order chi connectivity index (χ1) is 20.2. The number of rotatable bonds is 10. The fraction of sp³-hybridized carbons (Fsp3) is 0.333. The molecule has 0 unspecified atom stereocenters. The third-order valence-corrected chi connectivity index (χ3v) is 7.98. The van der Waals surface area contributed by atoms with Gasteiger partial charge in [0, 0.05) is 35.1 Å². The average molecular weight is 631 g/mol. The summed E-state index contributed by atoms with van der Waals surface area (Å²) in [7, 11) is 1.58. The second kappa shape index (κ2) is 16.9. The first-order valence-corrected chi connectivity index (χ1v) is 15.0. The van der Waals surface area contributed by atoms with Crippen molar-refractivity contribution in [3.63, 3.8) is 0 Å². The van der Waals surface area contributed by atoms with Crippen LogP contribution in [0.15, 0.2) is 76.4 Å². The summed E-state index contributed by atoms with van der Waals surface area (Å²) in [6, 6.07) is 16.4. The molecule has 0 amide bonds. The van der Waals surface area contributed by atoms with Crippen LogP contribution in [0.4, 0.5) is 8.78 Å². The summed E-state index contributed by atoms with van der Waals surface area (Å²) >= 11 is 7.39. The van der Waals surface area contributed by atoms with Gasteiger partial charge in [0.15, 0.2) is 5.96 Å². The van der Waals surface area contributed by atoms with Gasteiger partial charge in [-0.05, 0) is 51.0 Å². The SMILES string of the molecule is COc1cc(C(C)(C)/C(C)=C/N=C(C)SCc2c(F)cc(OCCN=C(N)N)cc2F)ccc1Cl.Cc1ccc(C)cc1. The Morgan fingerprint density at radius 3 is 2.09 bits per heavy atom. The van der Waals surface area contributed by atoms with Gasteiger partial charge in [-0.15, -0.1) is 11.8 Å². The molecule has 0 saturated heterocycles. The Labute approximate surface area is 263 Å². The van der Waals surface area contributed by atoms with Crippen LogP contribution < -0.4 is 20.9 Å². The summed E-state index contributed by atoms with van der Waals surface area (Å²) in [4.78, 5) is 8.24. The van der Waals surface area contributed by atoms with Gasteiger partial charge in [-0.25, -0.2) is 8.78 Å². The standard InChI is InChI=1S/C25H31ClF2N4O2S.C8H10/c1-15(25(3,4)17-6-7-20(26)23(10-17)33-5)13-32-16(2)35-14-19-21(27)11-18(12-22(19)28)34-9-8-31-24(29)30;1-7-3-5-8(2)6-4-7/h6-7,10-13H,8-9,14H2,1-5H3,(H4,29,30,31);3-6H,1-2H3/b15-13+,32-16?;. The van der Waals surface area contributed by atoms with E-state index in [1.807, 2.05) is 19.1 Å². The molecule has 3 aromatic rings. The molecule has 3 rings (SSSR count). The van der Waals surface area contributed by atoms with E-state index in [1.165, 1.54) is 22.9 Å². The molecule has 0 aliphatic rings. The molecule has 0 aliphatic heterocycles. The highest BCUT2D eigenvalue weighted by Crippen LogP contribution is 2.36. The normalized spacial score (nSPS) is 11.9. The van der Waals surface area contributed by atoms with Gasteiger partial charge in [0.25, 0.3) is 0 Å². The van der Waals surface area contributed by atoms with Crippen molar-refractivity contribution >= 4 is 34.4 Å². The van der Waals surface area contributed by atoms with Crippen LogP contribution >= 0.6 is 23.4 Å². The lowest BCUT2D eigenvalue weighted by Crippen LogP contribution is -2.23. The number of guanidine groups is 1. The number of benzene rings is 3. The summed E-state index contributed by atoms with van der Waals surface area (Å²) in [5.41, 5.74) is 14.8. The van der Waals surface area contributed by atoms with Crippen molar-refractivity contribution in [1.82, 2.24) is 0 Å². The van der Waals surface area contributed by atoms with Crippen LogP contribution in [0.3, 0.4) is 0 Å². The van der Waals surface area contributed by atoms with Crippen molar-refractivity contribution in [1.29, 1.82) is 0 Å². The maximum absolute atomic E-state index is 14.5. The molecule has 0 bridgehead atoms.